The highest BCUT2D eigenvalue weighted by Gasteiger charge is 2.16. The van der Waals surface area contributed by atoms with Gasteiger partial charge in [0.1, 0.15) is 12.4 Å². The number of aliphatic imine (C=N–C) groups is 1. The maximum absolute atomic E-state index is 4.78. The molecule has 0 saturated carbocycles. The molecule has 1 aromatic carbocycles. The second-order valence-electron chi connectivity index (χ2n) is 6.26. The first-order chi connectivity index (χ1) is 12.2. The predicted octanol–water partition coefficient (Wildman–Crippen LogP) is 3.59. The van der Waals surface area contributed by atoms with Crippen molar-refractivity contribution in [3.05, 3.63) is 46.0 Å². The number of fused-ring (bicyclic) bond motifs is 1. The first-order valence-corrected chi connectivity index (χ1v) is 9.62. The largest absolute Gasteiger partial charge is 0.357 e. The second-order valence-corrected chi connectivity index (χ2v) is 7.11. The van der Waals surface area contributed by atoms with Gasteiger partial charge >= 0.3 is 0 Å². The normalized spacial score (nSPS) is 13.7. The zero-order chi connectivity index (χ0) is 17.6. The van der Waals surface area contributed by atoms with Crippen LogP contribution in [0, 0.1) is 0 Å². The van der Waals surface area contributed by atoms with E-state index in [-0.39, 0.29) is 24.0 Å². The van der Waals surface area contributed by atoms with Gasteiger partial charge in [0, 0.05) is 37.6 Å². The van der Waals surface area contributed by atoms with Gasteiger partial charge in [-0.25, -0.2) is 4.99 Å². The number of benzene rings is 1. The van der Waals surface area contributed by atoms with Crippen LogP contribution in [0.5, 0.6) is 0 Å². The van der Waals surface area contributed by atoms with Crippen molar-refractivity contribution in [3.63, 3.8) is 0 Å². The van der Waals surface area contributed by atoms with Crippen LogP contribution in [-0.2, 0) is 26.1 Å². The molecule has 2 heterocycles. The van der Waals surface area contributed by atoms with E-state index in [4.69, 9.17) is 4.99 Å². The minimum atomic E-state index is 0. The Morgan fingerprint density at radius 3 is 2.88 bits per heavy atom. The first kappa shape index (κ1) is 21.1. The number of nitrogens with zero attached hydrogens (tertiary/aromatic N) is 5. The maximum Gasteiger partial charge on any atom is 0.194 e. The lowest BCUT2D eigenvalue weighted by Crippen LogP contribution is -2.38. The molecule has 142 valence electrons. The summed E-state index contributed by atoms with van der Waals surface area (Å²) in [5.41, 5.74) is 1.23. The van der Waals surface area contributed by atoms with E-state index in [0.717, 1.165) is 48.1 Å². The Labute approximate surface area is 180 Å². The highest BCUT2D eigenvalue weighted by atomic mass is 127. The Bertz CT molecular complexity index is 745. The van der Waals surface area contributed by atoms with Crippen LogP contribution >= 0.6 is 39.9 Å². The molecule has 0 radical (unpaired) electrons. The van der Waals surface area contributed by atoms with Crippen LogP contribution in [0.15, 0.2) is 33.7 Å². The van der Waals surface area contributed by atoms with Gasteiger partial charge in [0.2, 0.25) is 0 Å². The van der Waals surface area contributed by atoms with Crippen LogP contribution in [0.4, 0.5) is 0 Å². The summed E-state index contributed by atoms with van der Waals surface area (Å²) in [6.45, 7) is 5.26. The van der Waals surface area contributed by atoms with Gasteiger partial charge in [0.15, 0.2) is 11.8 Å². The zero-order valence-corrected chi connectivity index (χ0v) is 19.2. The number of hydrogen-bond acceptors (Lipinski definition) is 3. The van der Waals surface area contributed by atoms with E-state index in [1.54, 1.807) is 0 Å². The third kappa shape index (κ3) is 5.18. The van der Waals surface area contributed by atoms with Crippen molar-refractivity contribution >= 4 is 45.9 Å². The van der Waals surface area contributed by atoms with Crippen LogP contribution in [0.25, 0.3) is 0 Å². The molecule has 0 bridgehead atoms. The monoisotopic (exact) mass is 532 g/mol. The Kier molecular flexibility index (Phi) is 8.33. The molecule has 1 aromatic heterocycles. The van der Waals surface area contributed by atoms with Gasteiger partial charge in [-0.05, 0) is 31.4 Å². The number of aromatic nitrogens is 3. The molecule has 1 aliphatic heterocycles. The van der Waals surface area contributed by atoms with Crippen molar-refractivity contribution in [3.8, 4) is 0 Å². The van der Waals surface area contributed by atoms with Gasteiger partial charge in [0.05, 0.1) is 0 Å². The minimum absolute atomic E-state index is 0. The molecule has 0 unspecified atom stereocenters. The molecule has 0 saturated heterocycles. The fourth-order valence-electron chi connectivity index (χ4n) is 3.06. The van der Waals surface area contributed by atoms with Gasteiger partial charge in [0.25, 0.3) is 0 Å². The molecule has 3 rings (SSSR count). The maximum atomic E-state index is 4.78. The summed E-state index contributed by atoms with van der Waals surface area (Å²) in [4.78, 5) is 6.92. The van der Waals surface area contributed by atoms with Crippen LogP contribution in [-0.4, -0.2) is 39.2 Å². The zero-order valence-electron chi connectivity index (χ0n) is 15.3. The molecular weight excluding hydrogens is 507 g/mol. The van der Waals surface area contributed by atoms with E-state index in [1.165, 1.54) is 18.4 Å². The number of hydrogen-bond donors (Lipinski definition) is 1. The summed E-state index contributed by atoms with van der Waals surface area (Å²) in [6.07, 6.45) is 3.43. The molecule has 1 aliphatic rings. The number of rotatable bonds is 5. The summed E-state index contributed by atoms with van der Waals surface area (Å²) in [5.74, 6) is 2.94. The molecule has 26 heavy (non-hydrogen) atoms. The highest BCUT2D eigenvalue weighted by Crippen LogP contribution is 2.18. The average molecular weight is 533 g/mol. The van der Waals surface area contributed by atoms with Gasteiger partial charge in [-0.15, -0.1) is 34.2 Å². The number of nitrogens with one attached hydrogen (secondary N) is 1. The predicted molar refractivity (Wildman–Crippen MR) is 119 cm³/mol. The van der Waals surface area contributed by atoms with Crippen molar-refractivity contribution in [2.24, 2.45) is 4.99 Å². The molecule has 0 aliphatic carbocycles. The molecule has 2 aromatic rings. The quantitative estimate of drug-likeness (QED) is 0.363. The van der Waals surface area contributed by atoms with E-state index >= 15 is 0 Å². The molecule has 0 fully saturated rings. The van der Waals surface area contributed by atoms with E-state index < -0.39 is 0 Å². The Morgan fingerprint density at radius 1 is 1.31 bits per heavy atom. The van der Waals surface area contributed by atoms with Gasteiger partial charge in [-0.1, -0.05) is 34.1 Å². The van der Waals surface area contributed by atoms with Crippen LogP contribution in [0.2, 0.25) is 0 Å². The topological polar surface area (TPSA) is 58.3 Å². The first-order valence-electron chi connectivity index (χ1n) is 8.83. The summed E-state index contributed by atoms with van der Waals surface area (Å²) < 4.78 is 3.34. The molecule has 8 heteroatoms. The fourth-order valence-corrected chi connectivity index (χ4v) is 3.47. The van der Waals surface area contributed by atoms with Crippen molar-refractivity contribution in [1.82, 2.24) is 25.0 Å². The molecule has 6 nitrogen and oxygen atoms in total. The molecule has 1 N–H and O–H groups in total. The highest BCUT2D eigenvalue weighted by molar-refractivity contribution is 14.0. The van der Waals surface area contributed by atoms with Crippen LogP contribution < -0.4 is 5.32 Å². The SMILES string of the molecule is CCNC(=NCc1nnc2n1CCCC2)N(C)Cc1ccccc1Br.I. The second kappa shape index (κ2) is 10.2. The van der Waals surface area contributed by atoms with E-state index in [9.17, 15) is 0 Å². The lowest BCUT2D eigenvalue weighted by atomic mass is 10.2. The number of aryl methyl sites for hydroxylation is 1. The molecular formula is C18H26BrIN6. The van der Waals surface area contributed by atoms with E-state index in [1.807, 2.05) is 6.07 Å². The lowest BCUT2D eigenvalue weighted by Gasteiger charge is -2.23. The van der Waals surface area contributed by atoms with Crippen molar-refractivity contribution in [2.75, 3.05) is 13.6 Å². The van der Waals surface area contributed by atoms with Gasteiger partial charge in [-0.3, -0.25) is 0 Å². The average Bonchev–Trinajstić information content (AvgIpc) is 3.04. The smallest absolute Gasteiger partial charge is 0.194 e. The van der Waals surface area contributed by atoms with Gasteiger partial charge in [-0.2, -0.15) is 0 Å². The number of guanidine groups is 1. The standard InChI is InChI=1S/C18H25BrN6.HI/c1-3-20-18(24(2)13-14-8-4-5-9-15(14)19)21-12-17-23-22-16-10-6-7-11-25(16)17;/h4-5,8-9H,3,6-7,10-13H2,1-2H3,(H,20,21);1H. The summed E-state index contributed by atoms with van der Waals surface area (Å²) in [5, 5.41) is 12.0. The van der Waals surface area contributed by atoms with E-state index in [2.05, 4.69) is 73.1 Å². The Hall–Kier alpha value is -1.16. The summed E-state index contributed by atoms with van der Waals surface area (Å²) in [7, 11) is 2.06. The Morgan fingerprint density at radius 2 is 2.12 bits per heavy atom. The van der Waals surface area contributed by atoms with Crippen molar-refractivity contribution in [1.29, 1.82) is 0 Å². The fraction of sp³-hybridized carbons (Fsp3) is 0.500. The van der Waals surface area contributed by atoms with Crippen molar-refractivity contribution in [2.45, 2.75) is 45.8 Å². The minimum Gasteiger partial charge on any atom is -0.357 e. The Balaban J connectivity index is 0.00000243. The molecule has 0 atom stereocenters. The third-order valence-corrected chi connectivity index (χ3v) is 5.14. The number of halogens is 2. The molecule has 0 amide bonds. The summed E-state index contributed by atoms with van der Waals surface area (Å²) in [6, 6.07) is 8.27. The third-order valence-electron chi connectivity index (χ3n) is 4.37. The van der Waals surface area contributed by atoms with Gasteiger partial charge < -0.3 is 14.8 Å². The molecule has 0 spiro atoms. The summed E-state index contributed by atoms with van der Waals surface area (Å²) >= 11 is 3.62. The van der Waals surface area contributed by atoms with E-state index in [0.29, 0.717) is 6.54 Å². The lowest BCUT2D eigenvalue weighted by molar-refractivity contribution is 0.473. The van der Waals surface area contributed by atoms with Crippen LogP contribution in [0.3, 0.4) is 0 Å². The van der Waals surface area contributed by atoms with Crippen molar-refractivity contribution < 1.29 is 0 Å². The van der Waals surface area contributed by atoms with Crippen LogP contribution in [0.1, 0.15) is 37.0 Å².